The SMILES string of the molecule is O=C(/C=C/c1cccc(Cl)c1)NS(=O)(=O)c1ccccc1. The summed E-state index contributed by atoms with van der Waals surface area (Å²) in [7, 11) is -3.85. The maximum absolute atomic E-state index is 11.9. The smallest absolute Gasteiger partial charge is 0.264 e. The van der Waals surface area contributed by atoms with Crippen LogP contribution in [0.2, 0.25) is 5.02 Å². The molecular formula is C15H12ClNO3S. The van der Waals surface area contributed by atoms with E-state index in [2.05, 4.69) is 0 Å². The summed E-state index contributed by atoms with van der Waals surface area (Å²) in [5, 5.41) is 0.537. The molecule has 1 N–H and O–H groups in total. The summed E-state index contributed by atoms with van der Waals surface area (Å²) in [4.78, 5) is 11.7. The highest BCUT2D eigenvalue weighted by Crippen LogP contribution is 2.12. The molecule has 6 heteroatoms. The Labute approximate surface area is 128 Å². The van der Waals surface area contributed by atoms with E-state index in [0.29, 0.717) is 10.6 Å². The molecule has 0 saturated carbocycles. The van der Waals surface area contributed by atoms with Crippen LogP contribution in [0.5, 0.6) is 0 Å². The van der Waals surface area contributed by atoms with Crippen molar-refractivity contribution in [2.45, 2.75) is 4.90 Å². The molecule has 0 aliphatic heterocycles. The minimum atomic E-state index is -3.85. The molecule has 0 aromatic heterocycles. The number of nitrogens with one attached hydrogen (secondary N) is 1. The Bertz CT molecular complexity index is 771. The van der Waals surface area contributed by atoms with E-state index in [-0.39, 0.29) is 4.90 Å². The van der Waals surface area contributed by atoms with Crippen molar-refractivity contribution in [1.82, 2.24) is 4.72 Å². The van der Waals surface area contributed by atoms with Crippen LogP contribution in [0.25, 0.3) is 6.08 Å². The second-order valence-electron chi connectivity index (χ2n) is 4.17. The zero-order chi connectivity index (χ0) is 15.3. The van der Waals surface area contributed by atoms with E-state index < -0.39 is 15.9 Å². The van der Waals surface area contributed by atoms with E-state index in [0.717, 1.165) is 6.08 Å². The predicted molar refractivity (Wildman–Crippen MR) is 82.3 cm³/mol. The Morgan fingerprint density at radius 3 is 2.43 bits per heavy atom. The first kappa shape index (κ1) is 15.3. The van der Waals surface area contributed by atoms with Crippen LogP contribution in [0.15, 0.2) is 65.6 Å². The summed E-state index contributed by atoms with van der Waals surface area (Å²) in [6.45, 7) is 0. The summed E-state index contributed by atoms with van der Waals surface area (Å²) >= 11 is 5.82. The minimum Gasteiger partial charge on any atom is -0.269 e. The fraction of sp³-hybridized carbons (Fsp3) is 0. The van der Waals surface area contributed by atoms with Crippen molar-refractivity contribution in [2.24, 2.45) is 0 Å². The number of hydrogen-bond donors (Lipinski definition) is 1. The van der Waals surface area contributed by atoms with Gasteiger partial charge >= 0.3 is 0 Å². The summed E-state index contributed by atoms with van der Waals surface area (Å²) in [6, 6.07) is 14.5. The molecule has 0 heterocycles. The van der Waals surface area contributed by atoms with E-state index in [9.17, 15) is 13.2 Å². The van der Waals surface area contributed by atoms with Crippen molar-refractivity contribution in [3.63, 3.8) is 0 Å². The second-order valence-corrected chi connectivity index (χ2v) is 6.29. The highest BCUT2D eigenvalue weighted by atomic mass is 35.5. The predicted octanol–water partition coefficient (Wildman–Crippen LogP) is 2.86. The molecule has 0 aliphatic carbocycles. The van der Waals surface area contributed by atoms with E-state index in [1.807, 2.05) is 4.72 Å². The average Bonchev–Trinajstić information content (AvgIpc) is 2.46. The molecule has 2 rings (SSSR count). The zero-order valence-corrected chi connectivity index (χ0v) is 12.4. The molecule has 0 atom stereocenters. The number of carbonyl (C=O) groups excluding carboxylic acids is 1. The van der Waals surface area contributed by atoms with Gasteiger partial charge in [0.1, 0.15) is 0 Å². The largest absolute Gasteiger partial charge is 0.269 e. The first-order valence-corrected chi connectivity index (χ1v) is 7.89. The van der Waals surface area contributed by atoms with Crippen molar-refractivity contribution in [2.75, 3.05) is 0 Å². The molecule has 108 valence electrons. The molecule has 0 aliphatic rings. The molecule has 4 nitrogen and oxygen atoms in total. The molecule has 0 radical (unpaired) electrons. The van der Waals surface area contributed by atoms with Gasteiger partial charge in [0.2, 0.25) is 0 Å². The maximum Gasteiger partial charge on any atom is 0.264 e. The van der Waals surface area contributed by atoms with Gasteiger partial charge < -0.3 is 0 Å². The van der Waals surface area contributed by atoms with E-state index in [1.165, 1.54) is 18.2 Å². The molecular weight excluding hydrogens is 310 g/mol. The lowest BCUT2D eigenvalue weighted by molar-refractivity contribution is -0.114. The van der Waals surface area contributed by atoms with Gasteiger partial charge in [-0.15, -0.1) is 0 Å². The number of sulfonamides is 1. The van der Waals surface area contributed by atoms with Crippen LogP contribution in [-0.2, 0) is 14.8 Å². The molecule has 0 bridgehead atoms. The Balaban J connectivity index is 2.08. The Morgan fingerprint density at radius 1 is 1.05 bits per heavy atom. The van der Waals surface area contributed by atoms with Gasteiger partial charge in [-0.3, -0.25) is 4.79 Å². The van der Waals surface area contributed by atoms with Crippen molar-refractivity contribution in [1.29, 1.82) is 0 Å². The summed E-state index contributed by atoms with van der Waals surface area (Å²) in [5.74, 6) is -0.723. The van der Waals surface area contributed by atoms with Gasteiger partial charge in [0.25, 0.3) is 15.9 Å². The van der Waals surface area contributed by atoms with Crippen molar-refractivity contribution in [3.05, 3.63) is 71.3 Å². The highest BCUT2D eigenvalue weighted by molar-refractivity contribution is 7.90. The van der Waals surface area contributed by atoms with Gasteiger partial charge in [0.15, 0.2) is 0 Å². The minimum absolute atomic E-state index is 0.0366. The number of amides is 1. The first-order chi connectivity index (χ1) is 9.97. The number of rotatable bonds is 4. The number of hydrogen-bond acceptors (Lipinski definition) is 3. The number of benzene rings is 2. The molecule has 0 spiro atoms. The van der Waals surface area contributed by atoms with Gasteiger partial charge in [0, 0.05) is 11.1 Å². The Morgan fingerprint density at radius 2 is 1.76 bits per heavy atom. The molecule has 2 aromatic carbocycles. The van der Waals surface area contributed by atoms with E-state index >= 15 is 0 Å². The molecule has 0 saturated heterocycles. The highest BCUT2D eigenvalue weighted by Gasteiger charge is 2.15. The van der Waals surface area contributed by atoms with Crippen LogP contribution >= 0.6 is 11.6 Å². The molecule has 2 aromatic rings. The lowest BCUT2D eigenvalue weighted by atomic mass is 10.2. The van der Waals surface area contributed by atoms with Gasteiger partial charge in [-0.1, -0.05) is 41.9 Å². The topological polar surface area (TPSA) is 63.2 Å². The third-order valence-electron chi connectivity index (χ3n) is 2.56. The van der Waals surface area contributed by atoms with Gasteiger partial charge in [-0.25, -0.2) is 13.1 Å². The number of halogens is 1. The third kappa shape index (κ3) is 4.44. The maximum atomic E-state index is 11.9. The normalized spacial score (nSPS) is 11.5. The van der Waals surface area contributed by atoms with Crippen molar-refractivity contribution in [3.8, 4) is 0 Å². The number of carbonyl (C=O) groups is 1. The van der Waals surface area contributed by atoms with Crippen molar-refractivity contribution < 1.29 is 13.2 Å². The fourth-order valence-electron chi connectivity index (χ4n) is 1.61. The zero-order valence-electron chi connectivity index (χ0n) is 10.9. The monoisotopic (exact) mass is 321 g/mol. The van der Waals surface area contributed by atoms with Crippen LogP contribution < -0.4 is 4.72 Å². The first-order valence-electron chi connectivity index (χ1n) is 6.03. The van der Waals surface area contributed by atoms with Crippen LogP contribution in [0.4, 0.5) is 0 Å². The van der Waals surface area contributed by atoms with Gasteiger partial charge in [-0.05, 0) is 35.9 Å². The standard InChI is InChI=1S/C15H12ClNO3S/c16-13-6-4-5-12(11-13)9-10-15(18)17-21(19,20)14-7-2-1-3-8-14/h1-11H,(H,17,18)/b10-9+. The lowest BCUT2D eigenvalue weighted by Crippen LogP contribution is -2.28. The second kappa shape index (κ2) is 6.56. The Hall–Kier alpha value is -2.11. The van der Waals surface area contributed by atoms with E-state index in [1.54, 1.807) is 42.5 Å². The lowest BCUT2D eigenvalue weighted by Gasteiger charge is -2.04. The Kier molecular flexibility index (Phi) is 4.77. The molecule has 0 unspecified atom stereocenters. The van der Waals surface area contributed by atoms with Crippen LogP contribution in [0.3, 0.4) is 0 Å². The van der Waals surface area contributed by atoms with Crippen molar-refractivity contribution >= 4 is 33.6 Å². The molecule has 1 amide bonds. The molecule has 0 fully saturated rings. The van der Waals surface area contributed by atoms with Crippen LogP contribution in [-0.4, -0.2) is 14.3 Å². The van der Waals surface area contributed by atoms with Crippen LogP contribution in [0, 0.1) is 0 Å². The molecule has 21 heavy (non-hydrogen) atoms. The fourth-order valence-corrected chi connectivity index (χ4v) is 2.77. The van der Waals surface area contributed by atoms with E-state index in [4.69, 9.17) is 11.6 Å². The average molecular weight is 322 g/mol. The summed E-state index contributed by atoms with van der Waals surface area (Å²) in [5.41, 5.74) is 0.703. The van der Waals surface area contributed by atoms with Crippen LogP contribution in [0.1, 0.15) is 5.56 Å². The van der Waals surface area contributed by atoms with Gasteiger partial charge in [-0.2, -0.15) is 0 Å². The quantitative estimate of drug-likeness (QED) is 0.881. The third-order valence-corrected chi connectivity index (χ3v) is 4.16. The summed E-state index contributed by atoms with van der Waals surface area (Å²) in [6.07, 6.45) is 2.63. The van der Waals surface area contributed by atoms with Gasteiger partial charge in [0.05, 0.1) is 4.90 Å². The summed E-state index contributed by atoms with van der Waals surface area (Å²) < 4.78 is 25.8.